The van der Waals surface area contributed by atoms with Crippen LogP contribution in [0.15, 0.2) is 54.6 Å². The SMILES string of the molecule is CCc1cc(C)cc(CC)c1NC(=O)CN1C[C@H](c2ccc3c(c2)OCCO3)C(C(=O)O)[C@@H]1c1ccc(N2CCCC2)cc1. The lowest BCUT2D eigenvalue weighted by molar-refractivity contribution is -0.143. The number of carbonyl (C=O) groups is 2. The molecule has 0 saturated carbocycles. The molecule has 2 saturated heterocycles. The van der Waals surface area contributed by atoms with Gasteiger partial charge in [-0.25, -0.2) is 0 Å². The third kappa shape index (κ3) is 6.00. The second kappa shape index (κ2) is 12.9. The monoisotopic (exact) mass is 597 g/mol. The number of aryl methyl sites for hydroxylation is 3. The van der Waals surface area contributed by atoms with Crippen LogP contribution in [0.1, 0.15) is 66.5 Å². The number of carboxylic acids is 1. The number of carboxylic acid groups (broad SMARTS) is 1. The molecule has 3 aliphatic rings. The minimum atomic E-state index is -0.874. The van der Waals surface area contributed by atoms with Gasteiger partial charge in [0.1, 0.15) is 13.2 Å². The highest BCUT2D eigenvalue weighted by Crippen LogP contribution is 2.47. The van der Waals surface area contributed by atoms with E-state index < -0.39 is 17.9 Å². The molecule has 6 rings (SSSR count). The van der Waals surface area contributed by atoms with E-state index in [1.54, 1.807) is 0 Å². The quantitative estimate of drug-likeness (QED) is 0.314. The number of nitrogens with zero attached hydrogens (tertiary/aromatic N) is 2. The Morgan fingerprint density at radius 1 is 0.886 bits per heavy atom. The van der Waals surface area contributed by atoms with E-state index >= 15 is 0 Å². The third-order valence-electron chi connectivity index (χ3n) is 9.40. The number of likely N-dealkylation sites (tertiary alicyclic amines) is 1. The summed E-state index contributed by atoms with van der Waals surface area (Å²) in [7, 11) is 0. The lowest BCUT2D eigenvalue weighted by Crippen LogP contribution is -2.35. The highest BCUT2D eigenvalue weighted by molar-refractivity contribution is 5.94. The zero-order valence-corrected chi connectivity index (χ0v) is 26.0. The van der Waals surface area contributed by atoms with Gasteiger partial charge in [0.25, 0.3) is 0 Å². The van der Waals surface area contributed by atoms with Crippen LogP contribution in [0, 0.1) is 12.8 Å². The number of nitrogens with one attached hydrogen (secondary N) is 1. The van der Waals surface area contributed by atoms with Gasteiger partial charge in [-0.3, -0.25) is 14.5 Å². The number of benzene rings is 3. The van der Waals surface area contributed by atoms with E-state index in [4.69, 9.17) is 9.47 Å². The van der Waals surface area contributed by atoms with Crippen LogP contribution in [0.2, 0.25) is 0 Å². The van der Waals surface area contributed by atoms with Crippen molar-refractivity contribution in [2.24, 2.45) is 5.92 Å². The van der Waals surface area contributed by atoms with Crippen molar-refractivity contribution in [3.63, 3.8) is 0 Å². The van der Waals surface area contributed by atoms with Gasteiger partial charge in [-0.15, -0.1) is 0 Å². The minimum Gasteiger partial charge on any atom is -0.486 e. The first-order chi connectivity index (χ1) is 21.4. The van der Waals surface area contributed by atoms with E-state index in [2.05, 4.69) is 67.4 Å². The molecular formula is C36H43N3O5. The molecule has 44 heavy (non-hydrogen) atoms. The van der Waals surface area contributed by atoms with Gasteiger partial charge in [0.2, 0.25) is 5.91 Å². The topological polar surface area (TPSA) is 91.3 Å². The molecule has 3 atom stereocenters. The number of rotatable bonds is 9. The molecule has 3 heterocycles. The molecule has 232 valence electrons. The summed E-state index contributed by atoms with van der Waals surface area (Å²) in [6.45, 7) is 9.82. The normalized spacial score (nSPS) is 21.4. The van der Waals surface area contributed by atoms with Crippen LogP contribution >= 0.6 is 0 Å². The molecule has 1 amide bonds. The molecule has 8 heteroatoms. The molecule has 2 N–H and O–H groups in total. The first-order valence-corrected chi connectivity index (χ1v) is 16.0. The molecule has 0 radical (unpaired) electrons. The zero-order chi connectivity index (χ0) is 30.8. The fraction of sp³-hybridized carbons (Fsp3) is 0.444. The molecule has 3 aromatic carbocycles. The molecule has 3 aliphatic heterocycles. The maximum absolute atomic E-state index is 13.8. The van der Waals surface area contributed by atoms with Crippen LogP contribution in [-0.4, -0.2) is 61.3 Å². The van der Waals surface area contributed by atoms with Crippen molar-refractivity contribution in [1.29, 1.82) is 0 Å². The van der Waals surface area contributed by atoms with E-state index in [9.17, 15) is 14.7 Å². The van der Waals surface area contributed by atoms with E-state index in [1.165, 1.54) is 18.4 Å². The highest BCUT2D eigenvalue weighted by atomic mass is 16.6. The van der Waals surface area contributed by atoms with Crippen molar-refractivity contribution in [3.05, 3.63) is 82.4 Å². The average Bonchev–Trinajstić information content (AvgIpc) is 3.70. The Hall–Kier alpha value is -4.04. The van der Waals surface area contributed by atoms with Crippen molar-refractivity contribution >= 4 is 23.3 Å². The number of fused-ring (bicyclic) bond motifs is 1. The molecular weight excluding hydrogens is 554 g/mol. The zero-order valence-electron chi connectivity index (χ0n) is 26.0. The van der Waals surface area contributed by atoms with E-state index in [0.717, 1.165) is 59.6 Å². The fourth-order valence-electron chi connectivity index (χ4n) is 7.30. The Morgan fingerprint density at radius 3 is 2.16 bits per heavy atom. The molecule has 0 aliphatic carbocycles. The van der Waals surface area contributed by atoms with Gasteiger partial charge < -0.3 is 24.8 Å². The Morgan fingerprint density at radius 2 is 1.52 bits per heavy atom. The van der Waals surface area contributed by atoms with E-state index in [0.29, 0.717) is 31.3 Å². The van der Waals surface area contributed by atoms with E-state index in [1.807, 2.05) is 23.1 Å². The van der Waals surface area contributed by atoms with Crippen molar-refractivity contribution in [2.75, 3.05) is 49.6 Å². The summed E-state index contributed by atoms with van der Waals surface area (Å²) < 4.78 is 11.6. The first-order valence-electron chi connectivity index (χ1n) is 16.0. The lowest BCUT2D eigenvalue weighted by Gasteiger charge is -2.28. The van der Waals surface area contributed by atoms with Crippen LogP contribution in [0.25, 0.3) is 0 Å². The molecule has 1 unspecified atom stereocenters. The molecule has 3 aromatic rings. The molecule has 0 spiro atoms. The van der Waals surface area contributed by atoms with Gasteiger partial charge in [0.15, 0.2) is 11.5 Å². The number of hydrogen-bond acceptors (Lipinski definition) is 6. The van der Waals surface area contributed by atoms with Gasteiger partial charge >= 0.3 is 5.97 Å². The number of anilines is 2. The van der Waals surface area contributed by atoms with Crippen LogP contribution in [-0.2, 0) is 22.4 Å². The summed E-state index contributed by atoms with van der Waals surface area (Å²) in [5, 5.41) is 13.9. The Labute approximate surface area is 260 Å². The second-order valence-electron chi connectivity index (χ2n) is 12.2. The van der Waals surface area contributed by atoms with Gasteiger partial charge in [-0.2, -0.15) is 0 Å². The van der Waals surface area contributed by atoms with Crippen LogP contribution in [0.5, 0.6) is 11.5 Å². The third-order valence-corrected chi connectivity index (χ3v) is 9.40. The molecule has 2 fully saturated rings. The van der Waals surface area contributed by atoms with Crippen molar-refractivity contribution in [1.82, 2.24) is 4.90 Å². The Bertz CT molecular complexity index is 1490. The number of aliphatic carboxylic acids is 1. The summed E-state index contributed by atoms with van der Waals surface area (Å²) in [6, 6.07) is 17.8. The molecule has 8 nitrogen and oxygen atoms in total. The number of amides is 1. The molecule has 0 aromatic heterocycles. The fourth-order valence-corrected chi connectivity index (χ4v) is 7.30. The first kappa shape index (κ1) is 30.0. The summed E-state index contributed by atoms with van der Waals surface area (Å²) in [5.41, 5.74) is 7.24. The lowest BCUT2D eigenvalue weighted by atomic mass is 9.82. The maximum Gasteiger partial charge on any atom is 0.309 e. The number of ether oxygens (including phenoxy) is 2. The highest BCUT2D eigenvalue weighted by Gasteiger charge is 2.48. The van der Waals surface area contributed by atoms with Crippen molar-refractivity contribution < 1.29 is 24.2 Å². The van der Waals surface area contributed by atoms with Gasteiger partial charge in [0, 0.05) is 43.0 Å². The molecule has 0 bridgehead atoms. The summed E-state index contributed by atoms with van der Waals surface area (Å²) in [4.78, 5) is 31.2. The largest absolute Gasteiger partial charge is 0.486 e. The van der Waals surface area contributed by atoms with Crippen LogP contribution in [0.3, 0.4) is 0 Å². The van der Waals surface area contributed by atoms with Gasteiger partial charge in [-0.1, -0.05) is 49.7 Å². The van der Waals surface area contributed by atoms with Crippen molar-refractivity contribution in [3.8, 4) is 11.5 Å². The average molecular weight is 598 g/mol. The predicted octanol–water partition coefficient (Wildman–Crippen LogP) is 5.97. The van der Waals surface area contributed by atoms with Gasteiger partial charge in [-0.05, 0) is 79.1 Å². The predicted molar refractivity (Wildman–Crippen MR) is 172 cm³/mol. The minimum absolute atomic E-state index is 0.0869. The van der Waals surface area contributed by atoms with Crippen molar-refractivity contribution in [2.45, 2.75) is 58.4 Å². The van der Waals surface area contributed by atoms with E-state index in [-0.39, 0.29) is 18.4 Å². The summed E-state index contributed by atoms with van der Waals surface area (Å²) in [6.07, 6.45) is 4.00. The summed E-state index contributed by atoms with van der Waals surface area (Å²) in [5.74, 6) is -0.785. The standard InChI is InChI=1S/C36H43N3O5/c1-4-24-18-23(3)19-25(5-2)34(24)37-32(40)22-39-21-29(27-10-13-30-31(20-27)44-17-16-43-30)33(36(41)42)35(39)26-8-11-28(12-9-26)38-14-6-7-15-38/h8-13,18-20,29,33,35H,4-7,14-17,21-22H2,1-3H3,(H,37,40)(H,41,42)/t29-,33?,35+/m1/s1. The summed E-state index contributed by atoms with van der Waals surface area (Å²) >= 11 is 0. The van der Waals surface area contributed by atoms with Crippen LogP contribution in [0.4, 0.5) is 11.4 Å². The van der Waals surface area contributed by atoms with Gasteiger partial charge in [0.05, 0.1) is 12.5 Å². The Balaban J connectivity index is 1.33. The Kier molecular flexibility index (Phi) is 8.80. The smallest absolute Gasteiger partial charge is 0.309 e. The maximum atomic E-state index is 13.8. The second-order valence-corrected chi connectivity index (χ2v) is 12.2. The number of carbonyl (C=O) groups excluding carboxylic acids is 1. The number of hydrogen-bond donors (Lipinski definition) is 2. The van der Waals surface area contributed by atoms with Crippen LogP contribution < -0.4 is 19.7 Å².